The molecule has 1 aromatic carbocycles. The maximum Gasteiger partial charge on any atom is 0.126 e. The number of hydrogen-bond acceptors (Lipinski definition) is 2. The fourth-order valence-electron chi connectivity index (χ4n) is 1.37. The zero-order valence-corrected chi connectivity index (χ0v) is 10.5. The normalized spacial score (nSPS) is 9.50. The molecule has 16 heavy (non-hydrogen) atoms. The van der Waals surface area contributed by atoms with Crippen LogP contribution in [0.3, 0.4) is 0 Å². The van der Waals surface area contributed by atoms with Gasteiger partial charge in [-0.2, -0.15) is 0 Å². The summed E-state index contributed by atoms with van der Waals surface area (Å²) in [6, 6.07) is 10.3. The number of aromatic nitrogens is 1. The van der Waals surface area contributed by atoms with Crippen LogP contribution in [0.5, 0.6) is 0 Å². The molecule has 0 aliphatic rings. The number of nitrogens with one attached hydrogen (secondary N) is 1. The molecule has 0 amide bonds. The average Bonchev–Trinajstić information content (AvgIpc) is 2.29. The molecule has 86 valence electrons. The Morgan fingerprint density at radius 3 is 2.38 bits per heavy atom. The van der Waals surface area contributed by atoms with E-state index in [1.165, 1.54) is 17.4 Å². The summed E-state index contributed by atoms with van der Waals surface area (Å²) < 4.78 is 0. The predicted molar refractivity (Wildman–Crippen MR) is 72.0 cm³/mol. The first kappa shape index (κ1) is 12.5. The molecule has 0 aliphatic heterocycles. The molecule has 0 aliphatic carbocycles. The van der Waals surface area contributed by atoms with Crippen molar-refractivity contribution in [1.82, 2.24) is 4.98 Å². The standard InChI is InChI=1S/C11H12N2.C3H8/c1-8-3-4-9-5-6-11(12-2)13-10(9)7-8;1-3-2/h3-7H,1-2H3,(H,12,13);3H2,1-2H3. The van der Waals surface area contributed by atoms with Crippen LogP contribution in [-0.4, -0.2) is 12.0 Å². The third-order valence-corrected chi connectivity index (χ3v) is 2.10. The molecule has 0 atom stereocenters. The van der Waals surface area contributed by atoms with Gasteiger partial charge >= 0.3 is 0 Å². The smallest absolute Gasteiger partial charge is 0.126 e. The molecule has 2 rings (SSSR count). The van der Waals surface area contributed by atoms with Crippen molar-refractivity contribution < 1.29 is 0 Å². The second kappa shape index (κ2) is 6.11. The van der Waals surface area contributed by atoms with Gasteiger partial charge in [0.1, 0.15) is 5.82 Å². The second-order valence-corrected chi connectivity index (χ2v) is 3.85. The van der Waals surface area contributed by atoms with E-state index in [1.807, 2.05) is 13.1 Å². The maximum atomic E-state index is 4.44. The Morgan fingerprint density at radius 2 is 1.75 bits per heavy atom. The van der Waals surface area contributed by atoms with Gasteiger partial charge in [0, 0.05) is 12.4 Å². The van der Waals surface area contributed by atoms with Gasteiger partial charge in [0.2, 0.25) is 0 Å². The summed E-state index contributed by atoms with van der Waals surface area (Å²) in [6.07, 6.45) is 1.25. The highest BCUT2D eigenvalue weighted by Gasteiger charge is 1.95. The molecule has 1 heterocycles. The van der Waals surface area contributed by atoms with E-state index in [2.05, 4.69) is 55.3 Å². The second-order valence-electron chi connectivity index (χ2n) is 3.85. The summed E-state index contributed by atoms with van der Waals surface area (Å²) in [5.74, 6) is 0.915. The summed E-state index contributed by atoms with van der Waals surface area (Å²) >= 11 is 0. The third-order valence-electron chi connectivity index (χ3n) is 2.10. The minimum atomic E-state index is 0.915. The molecular formula is C14H20N2. The van der Waals surface area contributed by atoms with Crippen molar-refractivity contribution in [2.24, 2.45) is 0 Å². The maximum absolute atomic E-state index is 4.44. The zero-order valence-electron chi connectivity index (χ0n) is 10.5. The Bertz CT molecular complexity index is 449. The molecule has 0 bridgehead atoms. The van der Waals surface area contributed by atoms with Gasteiger partial charge in [-0.1, -0.05) is 32.4 Å². The number of pyridine rings is 1. The van der Waals surface area contributed by atoms with E-state index < -0.39 is 0 Å². The molecule has 2 aromatic rings. The molecule has 0 fully saturated rings. The van der Waals surface area contributed by atoms with Gasteiger partial charge in [-0.3, -0.25) is 0 Å². The van der Waals surface area contributed by atoms with E-state index >= 15 is 0 Å². The third kappa shape index (κ3) is 3.23. The molecule has 1 aromatic heterocycles. The lowest BCUT2D eigenvalue weighted by Gasteiger charge is -2.02. The highest BCUT2D eigenvalue weighted by Crippen LogP contribution is 2.15. The van der Waals surface area contributed by atoms with Crippen molar-refractivity contribution in [3.63, 3.8) is 0 Å². The molecule has 0 spiro atoms. The Morgan fingerprint density at radius 1 is 1.12 bits per heavy atom. The highest BCUT2D eigenvalue weighted by molar-refractivity contribution is 5.80. The van der Waals surface area contributed by atoms with Gasteiger partial charge in [-0.15, -0.1) is 0 Å². The van der Waals surface area contributed by atoms with Crippen molar-refractivity contribution in [3.8, 4) is 0 Å². The lowest BCUT2D eigenvalue weighted by molar-refractivity contribution is 1.09. The van der Waals surface area contributed by atoms with Gasteiger partial charge in [0.05, 0.1) is 5.52 Å². The van der Waals surface area contributed by atoms with Gasteiger partial charge in [-0.05, 0) is 30.7 Å². The van der Waals surface area contributed by atoms with Crippen LogP contribution in [0.4, 0.5) is 5.82 Å². The van der Waals surface area contributed by atoms with Crippen LogP contribution in [0.2, 0.25) is 0 Å². The van der Waals surface area contributed by atoms with E-state index in [4.69, 9.17) is 0 Å². The number of anilines is 1. The fraction of sp³-hybridized carbons (Fsp3) is 0.357. The highest BCUT2D eigenvalue weighted by atomic mass is 15.0. The van der Waals surface area contributed by atoms with Crippen molar-refractivity contribution >= 4 is 16.7 Å². The minimum absolute atomic E-state index is 0.915. The van der Waals surface area contributed by atoms with E-state index in [0.29, 0.717) is 0 Å². The average molecular weight is 216 g/mol. The number of hydrogen-bond donors (Lipinski definition) is 1. The van der Waals surface area contributed by atoms with Gasteiger partial charge in [-0.25, -0.2) is 4.98 Å². The van der Waals surface area contributed by atoms with Crippen molar-refractivity contribution in [1.29, 1.82) is 0 Å². The van der Waals surface area contributed by atoms with Crippen molar-refractivity contribution in [2.75, 3.05) is 12.4 Å². The van der Waals surface area contributed by atoms with Gasteiger partial charge in [0.15, 0.2) is 0 Å². The zero-order chi connectivity index (χ0) is 12.0. The van der Waals surface area contributed by atoms with Crippen LogP contribution < -0.4 is 5.32 Å². The van der Waals surface area contributed by atoms with E-state index in [1.54, 1.807) is 0 Å². The van der Waals surface area contributed by atoms with E-state index in [-0.39, 0.29) is 0 Å². The van der Waals surface area contributed by atoms with Crippen LogP contribution in [0.1, 0.15) is 25.8 Å². The van der Waals surface area contributed by atoms with Crippen LogP contribution in [0.15, 0.2) is 30.3 Å². The van der Waals surface area contributed by atoms with Crippen LogP contribution >= 0.6 is 0 Å². The van der Waals surface area contributed by atoms with Crippen molar-refractivity contribution in [3.05, 3.63) is 35.9 Å². The van der Waals surface area contributed by atoms with Crippen LogP contribution in [-0.2, 0) is 0 Å². The number of benzene rings is 1. The number of fused-ring (bicyclic) bond motifs is 1. The lowest BCUT2D eigenvalue weighted by atomic mass is 10.1. The summed E-state index contributed by atoms with van der Waals surface area (Å²) in [5.41, 5.74) is 2.29. The van der Waals surface area contributed by atoms with E-state index in [0.717, 1.165) is 11.3 Å². The Hall–Kier alpha value is -1.57. The molecule has 0 unspecified atom stereocenters. The lowest BCUT2D eigenvalue weighted by Crippen LogP contribution is -1.91. The molecule has 0 saturated heterocycles. The van der Waals surface area contributed by atoms with Crippen LogP contribution in [0, 0.1) is 6.92 Å². The Balaban J connectivity index is 0.000000386. The number of rotatable bonds is 1. The molecule has 1 N–H and O–H groups in total. The quantitative estimate of drug-likeness (QED) is 0.779. The topological polar surface area (TPSA) is 24.9 Å². The summed E-state index contributed by atoms with van der Waals surface area (Å²) in [7, 11) is 1.88. The Kier molecular flexibility index (Phi) is 4.77. The van der Waals surface area contributed by atoms with Gasteiger partial charge in [0.25, 0.3) is 0 Å². The number of nitrogens with zero attached hydrogens (tertiary/aromatic N) is 1. The fourth-order valence-corrected chi connectivity index (χ4v) is 1.37. The predicted octanol–water partition coefficient (Wildman–Crippen LogP) is 4.00. The molecular weight excluding hydrogens is 196 g/mol. The minimum Gasteiger partial charge on any atom is -0.373 e. The van der Waals surface area contributed by atoms with Crippen molar-refractivity contribution in [2.45, 2.75) is 27.2 Å². The number of aryl methyl sites for hydroxylation is 1. The Labute approximate surface area is 97.7 Å². The first-order chi connectivity index (χ1) is 7.71. The first-order valence-electron chi connectivity index (χ1n) is 5.76. The summed E-state index contributed by atoms with van der Waals surface area (Å²) in [6.45, 7) is 6.33. The van der Waals surface area contributed by atoms with E-state index in [9.17, 15) is 0 Å². The summed E-state index contributed by atoms with van der Waals surface area (Å²) in [4.78, 5) is 4.44. The monoisotopic (exact) mass is 216 g/mol. The largest absolute Gasteiger partial charge is 0.373 e. The molecule has 2 heteroatoms. The first-order valence-corrected chi connectivity index (χ1v) is 5.76. The molecule has 0 saturated carbocycles. The SMILES string of the molecule is CCC.CNc1ccc2ccc(C)cc2n1. The van der Waals surface area contributed by atoms with Gasteiger partial charge < -0.3 is 5.32 Å². The molecule has 2 nitrogen and oxygen atoms in total. The molecule has 0 radical (unpaired) electrons. The van der Waals surface area contributed by atoms with Crippen LogP contribution in [0.25, 0.3) is 10.9 Å². The summed E-state index contributed by atoms with van der Waals surface area (Å²) in [5, 5.41) is 4.21.